The summed E-state index contributed by atoms with van der Waals surface area (Å²) in [6.45, 7) is 1.37. The molecule has 4 nitrogen and oxygen atoms in total. The molecule has 1 heterocycles. The number of ether oxygens (including phenoxy) is 1. The van der Waals surface area contributed by atoms with Crippen LogP contribution >= 0.6 is 11.3 Å². The van der Waals surface area contributed by atoms with Gasteiger partial charge >= 0.3 is 0 Å². The van der Waals surface area contributed by atoms with Crippen molar-refractivity contribution < 1.29 is 9.53 Å². The normalized spacial score (nSPS) is 10.1. The van der Waals surface area contributed by atoms with Crippen LogP contribution in [0, 0.1) is 0 Å². The van der Waals surface area contributed by atoms with Gasteiger partial charge < -0.3 is 9.64 Å². The van der Waals surface area contributed by atoms with Crippen LogP contribution < -0.4 is 0 Å². The summed E-state index contributed by atoms with van der Waals surface area (Å²) in [6.07, 6.45) is 0.850. The Bertz CT molecular complexity index is 274. The van der Waals surface area contributed by atoms with Crippen LogP contribution in [0.4, 0.5) is 0 Å². The number of carbonyl (C=O) groups excluding carboxylic acids is 1. The summed E-state index contributed by atoms with van der Waals surface area (Å²) in [5.74, 6) is -0.0256. The van der Waals surface area contributed by atoms with Crippen molar-refractivity contribution in [3.05, 3.63) is 16.6 Å². The van der Waals surface area contributed by atoms with E-state index in [4.69, 9.17) is 4.74 Å². The van der Waals surface area contributed by atoms with Crippen LogP contribution in [0.1, 0.15) is 16.9 Å². The standard InChI is InChI=1S/C9H14N2O2S/c1-11(4-3-5-13-2)9(12)8-6-14-7-10-8/h6-7H,3-5H2,1-2H3. The molecule has 5 heteroatoms. The lowest BCUT2D eigenvalue weighted by atomic mass is 10.3. The number of rotatable bonds is 5. The second kappa shape index (κ2) is 5.72. The summed E-state index contributed by atoms with van der Waals surface area (Å²) in [4.78, 5) is 17.3. The van der Waals surface area contributed by atoms with Crippen LogP contribution in [0.2, 0.25) is 0 Å². The van der Waals surface area contributed by atoms with Gasteiger partial charge in [-0.3, -0.25) is 4.79 Å². The Morgan fingerprint density at radius 3 is 3.07 bits per heavy atom. The summed E-state index contributed by atoms with van der Waals surface area (Å²) >= 11 is 1.43. The number of hydrogen-bond acceptors (Lipinski definition) is 4. The molecule has 0 aliphatic rings. The van der Waals surface area contributed by atoms with E-state index in [2.05, 4.69) is 4.98 Å². The fraction of sp³-hybridized carbons (Fsp3) is 0.556. The van der Waals surface area contributed by atoms with Crippen molar-refractivity contribution in [1.29, 1.82) is 0 Å². The molecular formula is C9H14N2O2S. The van der Waals surface area contributed by atoms with Crippen LogP contribution in [-0.4, -0.2) is 43.1 Å². The Labute approximate surface area is 87.5 Å². The van der Waals surface area contributed by atoms with Gasteiger partial charge in [0.2, 0.25) is 0 Å². The molecule has 0 saturated heterocycles. The van der Waals surface area contributed by atoms with E-state index in [-0.39, 0.29) is 5.91 Å². The van der Waals surface area contributed by atoms with Gasteiger partial charge in [-0.2, -0.15) is 0 Å². The molecule has 1 rings (SSSR count). The van der Waals surface area contributed by atoms with E-state index in [0.717, 1.165) is 6.42 Å². The van der Waals surface area contributed by atoms with E-state index < -0.39 is 0 Å². The fourth-order valence-electron chi connectivity index (χ4n) is 1.06. The Balaban J connectivity index is 2.37. The highest BCUT2D eigenvalue weighted by atomic mass is 32.1. The maximum absolute atomic E-state index is 11.6. The Morgan fingerprint density at radius 2 is 2.50 bits per heavy atom. The zero-order valence-electron chi connectivity index (χ0n) is 8.40. The lowest BCUT2D eigenvalue weighted by Crippen LogP contribution is -2.28. The molecule has 1 aromatic heterocycles. The van der Waals surface area contributed by atoms with Crippen LogP contribution in [0.25, 0.3) is 0 Å². The van der Waals surface area contributed by atoms with Crippen molar-refractivity contribution in [3.8, 4) is 0 Å². The van der Waals surface area contributed by atoms with E-state index in [9.17, 15) is 4.79 Å². The lowest BCUT2D eigenvalue weighted by molar-refractivity contribution is 0.0774. The average molecular weight is 214 g/mol. The lowest BCUT2D eigenvalue weighted by Gasteiger charge is -2.15. The predicted octanol–water partition coefficient (Wildman–Crippen LogP) is 1.25. The van der Waals surface area contributed by atoms with Crippen molar-refractivity contribution in [1.82, 2.24) is 9.88 Å². The van der Waals surface area contributed by atoms with E-state index in [0.29, 0.717) is 18.8 Å². The molecule has 0 spiro atoms. The number of amides is 1. The van der Waals surface area contributed by atoms with Crippen LogP contribution in [-0.2, 0) is 4.74 Å². The molecule has 0 radical (unpaired) electrons. The Morgan fingerprint density at radius 1 is 1.71 bits per heavy atom. The number of thiazole rings is 1. The molecule has 0 aromatic carbocycles. The first-order chi connectivity index (χ1) is 6.75. The summed E-state index contributed by atoms with van der Waals surface area (Å²) < 4.78 is 4.91. The molecule has 0 unspecified atom stereocenters. The van der Waals surface area contributed by atoms with Crippen LogP contribution in [0.15, 0.2) is 10.9 Å². The second-order valence-electron chi connectivity index (χ2n) is 2.95. The summed E-state index contributed by atoms with van der Waals surface area (Å²) in [6, 6.07) is 0. The Hall–Kier alpha value is -0.940. The Kier molecular flexibility index (Phi) is 4.55. The summed E-state index contributed by atoms with van der Waals surface area (Å²) in [5.41, 5.74) is 2.19. The zero-order chi connectivity index (χ0) is 10.4. The molecule has 0 bridgehead atoms. The quantitative estimate of drug-likeness (QED) is 0.693. The van der Waals surface area contributed by atoms with Gasteiger partial charge in [0.15, 0.2) is 0 Å². The van der Waals surface area contributed by atoms with Crippen molar-refractivity contribution in [2.75, 3.05) is 27.3 Å². The summed E-state index contributed by atoms with van der Waals surface area (Å²) in [5, 5.41) is 1.76. The zero-order valence-corrected chi connectivity index (χ0v) is 9.21. The number of hydrogen-bond donors (Lipinski definition) is 0. The number of nitrogens with zero attached hydrogens (tertiary/aromatic N) is 2. The maximum atomic E-state index is 11.6. The van der Waals surface area contributed by atoms with Gasteiger partial charge in [0.05, 0.1) is 5.51 Å². The highest BCUT2D eigenvalue weighted by Crippen LogP contribution is 2.04. The molecule has 78 valence electrons. The molecular weight excluding hydrogens is 200 g/mol. The van der Waals surface area contributed by atoms with E-state index >= 15 is 0 Å². The first kappa shape index (κ1) is 11.1. The third-order valence-electron chi connectivity index (χ3n) is 1.84. The van der Waals surface area contributed by atoms with Gasteiger partial charge in [0, 0.05) is 32.7 Å². The van der Waals surface area contributed by atoms with E-state index in [1.54, 1.807) is 29.9 Å². The van der Waals surface area contributed by atoms with E-state index in [1.807, 2.05) is 0 Å². The number of carbonyl (C=O) groups is 1. The first-order valence-electron chi connectivity index (χ1n) is 4.38. The third-order valence-corrected chi connectivity index (χ3v) is 2.43. The van der Waals surface area contributed by atoms with Crippen LogP contribution in [0.5, 0.6) is 0 Å². The average Bonchev–Trinajstić information content (AvgIpc) is 2.69. The topological polar surface area (TPSA) is 42.4 Å². The van der Waals surface area contributed by atoms with Crippen molar-refractivity contribution >= 4 is 17.2 Å². The van der Waals surface area contributed by atoms with Crippen LogP contribution in [0.3, 0.4) is 0 Å². The molecule has 0 N–H and O–H groups in total. The molecule has 0 atom stereocenters. The molecule has 0 aliphatic carbocycles. The van der Waals surface area contributed by atoms with Crippen molar-refractivity contribution in [2.45, 2.75) is 6.42 Å². The fourth-order valence-corrected chi connectivity index (χ4v) is 1.59. The minimum atomic E-state index is -0.0256. The van der Waals surface area contributed by atoms with E-state index in [1.165, 1.54) is 11.3 Å². The first-order valence-corrected chi connectivity index (χ1v) is 5.32. The molecule has 1 aromatic rings. The molecule has 0 fully saturated rings. The molecule has 0 aliphatic heterocycles. The molecule has 1 amide bonds. The maximum Gasteiger partial charge on any atom is 0.273 e. The number of methoxy groups -OCH3 is 1. The minimum Gasteiger partial charge on any atom is -0.385 e. The van der Waals surface area contributed by atoms with Gasteiger partial charge in [-0.15, -0.1) is 11.3 Å². The summed E-state index contributed by atoms with van der Waals surface area (Å²) in [7, 11) is 3.43. The van der Waals surface area contributed by atoms with Gasteiger partial charge in [0.25, 0.3) is 5.91 Å². The third kappa shape index (κ3) is 3.08. The van der Waals surface area contributed by atoms with Crippen molar-refractivity contribution in [3.63, 3.8) is 0 Å². The largest absolute Gasteiger partial charge is 0.385 e. The molecule has 0 saturated carbocycles. The monoisotopic (exact) mass is 214 g/mol. The SMILES string of the molecule is COCCCN(C)C(=O)c1cscn1. The van der Waals surface area contributed by atoms with Crippen molar-refractivity contribution in [2.24, 2.45) is 0 Å². The second-order valence-corrected chi connectivity index (χ2v) is 3.67. The van der Waals surface area contributed by atoms with Gasteiger partial charge in [0.1, 0.15) is 5.69 Å². The number of aromatic nitrogens is 1. The smallest absolute Gasteiger partial charge is 0.273 e. The highest BCUT2D eigenvalue weighted by molar-refractivity contribution is 7.07. The van der Waals surface area contributed by atoms with Gasteiger partial charge in [-0.05, 0) is 6.42 Å². The predicted molar refractivity (Wildman–Crippen MR) is 55.6 cm³/mol. The van der Waals surface area contributed by atoms with Gasteiger partial charge in [-0.25, -0.2) is 4.98 Å². The molecule has 14 heavy (non-hydrogen) atoms. The van der Waals surface area contributed by atoms with Gasteiger partial charge in [-0.1, -0.05) is 0 Å². The minimum absolute atomic E-state index is 0.0256. The highest BCUT2D eigenvalue weighted by Gasteiger charge is 2.12.